The molecule has 2 fully saturated rings. The van der Waals surface area contributed by atoms with E-state index < -0.39 is 0 Å². The molecule has 0 saturated carbocycles. The van der Waals surface area contributed by atoms with E-state index in [9.17, 15) is 0 Å². The minimum Gasteiger partial charge on any atom is -0.315 e. The van der Waals surface area contributed by atoms with Crippen LogP contribution in [0.4, 0.5) is 0 Å². The second-order valence-corrected chi connectivity index (χ2v) is 5.34. The van der Waals surface area contributed by atoms with Crippen LogP contribution in [0.2, 0.25) is 0 Å². The molecule has 0 aromatic heterocycles. The third-order valence-corrected chi connectivity index (χ3v) is 3.80. The van der Waals surface area contributed by atoms with Gasteiger partial charge in [-0.25, -0.2) is 0 Å². The van der Waals surface area contributed by atoms with Gasteiger partial charge < -0.3 is 15.5 Å². The van der Waals surface area contributed by atoms with E-state index in [0.717, 1.165) is 18.0 Å². The maximum Gasteiger partial charge on any atom is 0.0204 e. The molecule has 2 atom stereocenters. The van der Waals surface area contributed by atoms with Crippen LogP contribution < -0.4 is 10.6 Å². The Morgan fingerprint density at radius 3 is 2.87 bits per heavy atom. The fourth-order valence-corrected chi connectivity index (χ4v) is 2.66. The second kappa shape index (κ2) is 5.28. The lowest BCUT2D eigenvalue weighted by Crippen LogP contribution is -2.36. The molecule has 2 rings (SSSR count). The highest BCUT2D eigenvalue weighted by Crippen LogP contribution is 2.17. The predicted octanol–water partition coefficient (Wildman–Crippen LogP) is 0.668. The van der Waals surface area contributed by atoms with Gasteiger partial charge in [0.15, 0.2) is 0 Å². The van der Waals surface area contributed by atoms with Crippen molar-refractivity contribution in [3.05, 3.63) is 0 Å². The molecular formula is C12H25N3. The van der Waals surface area contributed by atoms with Crippen molar-refractivity contribution in [2.45, 2.75) is 38.8 Å². The van der Waals surface area contributed by atoms with Crippen LogP contribution in [0, 0.1) is 5.92 Å². The molecular weight excluding hydrogens is 186 g/mol. The average Bonchev–Trinajstić information content (AvgIpc) is 2.86. The third-order valence-electron chi connectivity index (χ3n) is 3.80. The highest BCUT2D eigenvalue weighted by atomic mass is 15.2. The maximum absolute atomic E-state index is 3.69. The number of hydrogen-bond donors (Lipinski definition) is 2. The van der Waals surface area contributed by atoms with Crippen molar-refractivity contribution in [3.63, 3.8) is 0 Å². The normalized spacial score (nSPS) is 33.0. The SMILES string of the molecule is CC(C)N1CCC(CNC2CCNC2)C1. The smallest absolute Gasteiger partial charge is 0.0204 e. The minimum absolute atomic E-state index is 0.725. The molecule has 0 aromatic rings. The second-order valence-electron chi connectivity index (χ2n) is 5.34. The lowest BCUT2D eigenvalue weighted by Gasteiger charge is -2.21. The van der Waals surface area contributed by atoms with E-state index in [0.29, 0.717) is 0 Å². The topological polar surface area (TPSA) is 27.3 Å². The summed E-state index contributed by atoms with van der Waals surface area (Å²) in [6.07, 6.45) is 2.69. The molecule has 0 spiro atoms. The lowest BCUT2D eigenvalue weighted by atomic mass is 10.1. The van der Waals surface area contributed by atoms with Gasteiger partial charge in [-0.2, -0.15) is 0 Å². The van der Waals surface area contributed by atoms with Crippen molar-refractivity contribution in [2.75, 3.05) is 32.7 Å². The van der Waals surface area contributed by atoms with E-state index in [1.165, 1.54) is 45.6 Å². The van der Waals surface area contributed by atoms with Crippen molar-refractivity contribution in [1.82, 2.24) is 15.5 Å². The highest BCUT2D eigenvalue weighted by molar-refractivity contribution is 4.83. The quantitative estimate of drug-likeness (QED) is 0.716. The number of nitrogens with zero attached hydrogens (tertiary/aromatic N) is 1. The van der Waals surface area contributed by atoms with Crippen LogP contribution in [-0.4, -0.2) is 49.7 Å². The van der Waals surface area contributed by atoms with E-state index in [1.807, 2.05) is 0 Å². The Labute approximate surface area is 93.6 Å². The average molecular weight is 211 g/mol. The monoisotopic (exact) mass is 211 g/mol. The molecule has 0 amide bonds. The van der Waals surface area contributed by atoms with E-state index in [-0.39, 0.29) is 0 Å². The van der Waals surface area contributed by atoms with Crippen LogP contribution in [-0.2, 0) is 0 Å². The van der Waals surface area contributed by atoms with E-state index in [1.54, 1.807) is 0 Å². The van der Waals surface area contributed by atoms with Gasteiger partial charge >= 0.3 is 0 Å². The lowest BCUT2D eigenvalue weighted by molar-refractivity contribution is 0.263. The molecule has 0 bridgehead atoms. The molecule has 88 valence electrons. The first-order valence-corrected chi connectivity index (χ1v) is 6.44. The van der Waals surface area contributed by atoms with E-state index >= 15 is 0 Å². The summed E-state index contributed by atoms with van der Waals surface area (Å²) in [6, 6.07) is 1.46. The summed E-state index contributed by atoms with van der Waals surface area (Å²) in [5, 5.41) is 7.10. The molecule has 2 N–H and O–H groups in total. The molecule has 15 heavy (non-hydrogen) atoms. The van der Waals surface area contributed by atoms with Gasteiger partial charge in [-0.15, -0.1) is 0 Å². The summed E-state index contributed by atoms with van der Waals surface area (Å²) in [4.78, 5) is 2.60. The Morgan fingerprint density at radius 1 is 1.40 bits per heavy atom. The van der Waals surface area contributed by atoms with Gasteiger partial charge in [0.05, 0.1) is 0 Å². The fourth-order valence-electron chi connectivity index (χ4n) is 2.66. The first-order valence-electron chi connectivity index (χ1n) is 6.44. The molecule has 2 aliphatic rings. The number of rotatable bonds is 4. The molecule has 2 heterocycles. The van der Waals surface area contributed by atoms with Crippen molar-refractivity contribution >= 4 is 0 Å². The molecule has 2 unspecified atom stereocenters. The van der Waals surface area contributed by atoms with Gasteiger partial charge in [0.1, 0.15) is 0 Å². The van der Waals surface area contributed by atoms with Crippen molar-refractivity contribution in [1.29, 1.82) is 0 Å². The van der Waals surface area contributed by atoms with E-state index in [4.69, 9.17) is 0 Å². The van der Waals surface area contributed by atoms with Gasteiger partial charge in [0.25, 0.3) is 0 Å². The molecule has 3 heteroatoms. The van der Waals surface area contributed by atoms with Crippen molar-refractivity contribution < 1.29 is 0 Å². The van der Waals surface area contributed by atoms with Crippen LogP contribution in [0.5, 0.6) is 0 Å². The molecule has 0 aromatic carbocycles. The Bertz CT molecular complexity index is 187. The summed E-state index contributed by atoms with van der Waals surface area (Å²) < 4.78 is 0. The summed E-state index contributed by atoms with van der Waals surface area (Å²) in [7, 11) is 0. The zero-order valence-corrected chi connectivity index (χ0v) is 10.1. The minimum atomic E-state index is 0.725. The van der Waals surface area contributed by atoms with Crippen molar-refractivity contribution in [3.8, 4) is 0 Å². The summed E-state index contributed by atoms with van der Waals surface area (Å²) >= 11 is 0. The van der Waals surface area contributed by atoms with Gasteiger partial charge in [0, 0.05) is 25.2 Å². The summed E-state index contributed by atoms with van der Waals surface area (Å²) in [6.45, 7) is 10.8. The summed E-state index contributed by atoms with van der Waals surface area (Å²) in [5.41, 5.74) is 0. The largest absolute Gasteiger partial charge is 0.315 e. The van der Waals surface area contributed by atoms with Gasteiger partial charge in [-0.3, -0.25) is 0 Å². The zero-order valence-electron chi connectivity index (χ0n) is 10.1. The van der Waals surface area contributed by atoms with Crippen LogP contribution >= 0.6 is 0 Å². The van der Waals surface area contributed by atoms with Crippen LogP contribution in [0.1, 0.15) is 26.7 Å². The van der Waals surface area contributed by atoms with Crippen LogP contribution in [0.25, 0.3) is 0 Å². The zero-order chi connectivity index (χ0) is 10.7. The Kier molecular flexibility index (Phi) is 4.00. The van der Waals surface area contributed by atoms with Crippen LogP contribution in [0.15, 0.2) is 0 Å². The van der Waals surface area contributed by atoms with Gasteiger partial charge in [-0.1, -0.05) is 0 Å². The number of nitrogens with one attached hydrogen (secondary N) is 2. The first-order chi connectivity index (χ1) is 7.25. The Hall–Kier alpha value is -0.120. The standard InChI is InChI=1S/C12H25N3/c1-10(2)15-6-4-11(9-15)7-14-12-3-5-13-8-12/h10-14H,3-9H2,1-2H3. The van der Waals surface area contributed by atoms with E-state index in [2.05, 4.69) is 29.4 Å². The maximum atomic E-state index is 3.69. The molecule has 0 aliphatic carbocycles. The number of hydrogen-bond acceptors (Lipinski definition) is 3. The first kappa shape index (κ1) is 11.4. The molecule has 3 nitrogen and oxygen atoms in total. The summed E-state index contributed by atoms with van der Waals surface area (Å²) in [5.74, 6) is 0.882. The number of likely N-dealkylation sites (tertiary alicyclic amines) is 1. The Morgan fingerprint density at radius 2 is 2.27 bits per heavy atom. The van der Waals surface area contributed by atoms with Gasteiger partial charge in [-0.05, 0) is 52.2 Å². The highest BCUT2D eigenvalue weighted by Gasteiger charge is 2.24. The van der Waals surface area contributed by atoms with Crippen LogP contribution in [0.3, 0.4) is 0 Å². The third kappa shape index (κ3) is 3.16. The van der Waals surface area contributed by atoms with Gasteiger partial charge in [0.2, 0.25) is 0 Å². The van der Waals surface area contributed by atoms with Crippen molar-refractivity contribution in [2.24, 2.45) is 5.92 Å². The molecule has 0 radical (unpaired) electrons. The Balaban J connectivity index is 1.64. The molecule has 2 aliphatic heterocycles. The fraction of sp³-hybridized carbons (Fsp3) is 1.00. The predicted molar refractivity (Wildman–Crippen MR) is 64.1 cm³/mol. The molecule has 2 saturated heterocycles.